The van der Waals surface area contributed by atoms with Crippen molar-refractivity contribution in [1.29, 1.82) is 0 Å². The summed E-state index contributed by atoms with van der Waals surface area (Å²) in [6.07, 6.45) is 2.38. The largest absolute Gasteiger partial charge is 0.465 e. The quantitative estimate of drug-likeness (QED) is 0.879. The van der Waals surface area contributed by atoms with Crippen molar-refractivity contribution in [1.82, 2.24) is 10.2 Å². The number of aryl methyl sites for hydroxylation is 1. The third-order valence-corrected chi connectivity index (χ3v) is 4.35. The van der Waals surface area contributed by atoms with E-state index in [-0.39, 0.29) is 11.9 Å². The number of hydrogen-bond donors (Lipinski definition) is 1. The third kappa shape index (κ3) is 3.44. The number of amides is 1. The molecule has 1 amide bonds. The highest BCUT2D eigenvalue weighted by molar-refractivity contribution is 9.10. The van der Waals surface area contributed by atoms with Gasteiger partial charge in [0.15, 0.2) is 10.4 Å². The summed E-state index contributed by atoms with van der Waals surface area (Å²) >= 11 is 3.20. The summed E-state index contributed by atoms with van der Waals surface area (Å²) < 4.78 is 11.6. The summed E-state index contributed by atoms with van der Waals surface area (Å²) in [7, 11) is 0. The number of likely N-dealkylation sites (tertiary alicyclic amines) is 1. The maximum Gasteiger partial charge on any atom is 0.287 e. The Morgan fingerprint density at radius 2 is 2.05 bits per heavy atom. The van der Waals surface area contributed by atoms with Crippen molar-refractivity contribution >= 4 is 21.8 Å². The first kappa shape index (κ1) is 15.4. The average Bonchev–Trinajstić information content (AvgIpc) is 3.21. The zero-order chi connectivity index (χ0) is 15.5. The molecule has 1 aliphatic heterocycles. The molecular weight excluding hydrogens is 348 g/mol. The van der Waals surface area contributed by atoms with Gasteiger partial charge in [-0.15, -0.1) is 0 Å². The zero-order valence-corrected chi connectivity index (χ0v) is 14.1. The van der Waals surface area contributed by atoms with E-state index < -0.39 is 0 Å². The van der Waals surface area contributed by atoms with Gasteiger partial charge in [0.1, 0.15) is 11.5 Å². The Morgan fingerprint density at radius 3 is 2.64 bits per heavy atom. The normalized spacial score (nSPS) is 16.8. The van der Waals surface area contributed by atoms with Gasteiger partial charge in [0.25, 0.3) is 5.91 Å². The Kier molecular flexibility index (Phi) is 4.69. The first-order valence-electron chi connectivity index (χ1n) is 7.47. The predicted molar refractivity (Wildman–Crippen MR) is 85.7 cm³/mol. The fourth-order valence-electron chi connectivity index (χ4n) is 2.81. The van der Waals surface area contributed by atoms with E-state index in [1.54, 1.807) is 12.1 Å². The summed E-state index contributed by atoms with van der Waals surface area (Å²) in [5.74, 6) is 1.89. The van der Waals surface area contributed by atoms with Gasteiger partial charge in [-0.2, -0.15) is 0 Å². The van der Waals surface area contributed by atoms with E-state index in [2.05, 4.69) is 26.1 Å². The molecule has 1 fully saturated rings. The van der Waals surface area contributed by atoms with Crippen molar-refractivity contribution < 1.29 is 13.6 Å². The van der Waals surface area contributed by atoms with Crippen LogP contribution in [0, 0.1) is 6.92 Å². The maximum atomic E-state index is 12.1. The second kappa shape index (κ2) is 6.71. The van der Waals surface area contributed by atoms with E-state index in [9.17, 15) is 4.79 Å². The number of carbonyl (C=O) groups excluding carboxylic acids is 1. The number of hydrogen-bond acceptors (Lipinski definition) is 4. The number of furan rings is 2. The van der Waals surface area contributed by atoms with Crippen LogP contribution >= 0.6 is 15.9 Å². The molecule has 0 unspecified atom stereocenters. The standard InChI is InChI=1S/C16H19BrN2O3/c1-11-4-5-13(21-11)12(19-8-2-3-9-19)10-18-16(20)14-6-7-15(17)22-14/h4-7,12H,2-3,8-10H2,1H3,(H,18,20)/t12-/m0/s1. The summed E-state index contributed by atoms with van der Waals surface area (Å²) in [4.78, 5) is 14.5. The van der Waals surface area contributed by atoms with Crippen LogP contribution in [-0.2, 0) is 0 Å². The highest BCUT2D eigenvalue weighted by Gasteiger charge is 2.26. The van der Waals surface area contributed by atoms with E-state index in [0.717, 1.165) is 24.6 Å². The van der Waals surface area contributed by atoms with E-state index in [4.69, 9.17) is 8.83 Å². The van der Waals surface area contributed by atoms with Crippen LogP contribution in [0.25, 0.3) is 0 Å². The van der Waals surface area contributed by atoms with Gasteiger partial charge in [-0.05, 0) is 73.1 Å². The molecule has 3 rings (SSSR count). The summed E-state index contributed by atoms with van der Waals surface area (Å²) in [5, 5.41) is 2.94. The van der Waals surface area contributed by atoms with Crippen LogP contribution in [0.4, 0.5) is 0 Å². The first-order valence-corrected chi connectivity index (χ1v) is 8.27. The Labute approximate surface area is 137 Å². The zero-order valence-electron chi connectivity index (χ0n) is 12.5. The number of carbonyl (C=O) groups is 1. The van der Waals surface area contributed by atoms with Gasteiger partial charge >= 0.3 is 0 Å². The second-order valence-corrected chi connectivity index (χ2v) is 6.30. The lowest BCUT2D eigenvalue weighted by molar-refractivity contribution is 0.0904. The van der Waals surface area contributed by atoms with Crippen molar-refractivity contribution in [2.75, 3.05) is 19.6 Å². The van der Waals surface area contributed by atoms with Crippen molar-refractivity contribution in [2.24, 2.45) is 0 Å². The van der Waals surface area contributed by atoms with E-state index in [1.165, 1.54) is 12.8 Å². The highest BCUT2D eigenvalue weighted by atomic mass is 79.9. The Balaban J connectivity index is 1.68. The lowest BCUT2D eigenvalue weighted by Gasteiger charge is -2.25. The number of halogens is 1. The number of rotatable bonds is 5. The van der Waals surface area contributed by atoms with Gasteiger partial charge in [-0.1, -0.05) is 0 Å². The average molecular weight is 367 g/mol. The monoisotopic (exact) mass is 366 g/mol. The number of nitrogens with zero attached hydrogens (tertiary/aromatic N) is 1. The third-order valence-electron chi connectivity index (χ3n) is 3.92. The molecule has 0 bridgehead atoms. The number of nitrogens with one attached hydrogen (secondary N) is 1. The molecule has 0 aromatic carbocycles. The van der Waals surface area contributed by atoms with E-state index in [0.29, 0.717) is 17.0 Å². The topological polar surface area (TPSA) is 58.6 Å². The van der Waals surface area contributed by atoms with Crippen molar-refractivity contribution in [2.45, 2.75) is 25.8 Å². The van der Waals surface area contributed by atoms with Gasteiger partial charge in [-0.25, -0.2) is 0 Å². The minimum Gasteiger partial charge on any atom is -0.465 e. The van der Waals surface area contributed by atoms with Crippen LogP contribution in [0.2, 0.25) is 0 Å². The molecule has 1 aliphatic rings. The Bertz CT molecular complexity index is 643. The lowest BCUT2D eigenvalue weighted by atomic mass is 10.2. The molecule has 0 spiro atoms. The Morgan fingerprint density at radius 1 is 1.27 bits per heavy atom. The minimum absolute atomic E-state index is 0.0681. The molecule has 3 heterocycles. The van der Waals surface area contributed by atoms with Gasteiger partial charge in [0.05, 0.1) is 6.04 Å². The fraction of sp³-hybridized carbons (Fsp3) is 0.438. The highest BCUT2D eigenvalue weighted by Crippen LogP contribution is 2.26. The molecule has 0 saturated carbocycles. The molecule has 22 heavy (non-hydrogen) atoms. The van der Waals surface area contributed by atoms with Crippen LogP contribution in [0.1, 0.15) is 41.0 Å². The molecule has 118 valence electrons. The minimum atomic E-state index is -0.210. The Hall–Kier alpha value is -1.53. The van der Waals surface area contributed by atoms with Crippen molar-refractivity contribution in [3.8, 4) is 0 Å². The van der Waals surface area contributed by atoms with Crippen LogP contribution in [0.15, 0.2) is 37.8 Å². The molecule has 0 aliphatic carbocycles. The van der Waals surface area contributed by atoms with Gasteiger partial charge in [-0.3, -0.25) is 9.69 Å². The molecule has 2 aromatic heterocycles. The SMILES string of the molecule is Cc1ccc([C@H](CNC(=O)c2ccc(Br)o2)N2CCCC2)o1. The molecule has 6 heteroatoms. The van der Waals surface area contributed by atoms with Crippen LogP contribution in [0.5, 0.6) is 0 Å². The van der Waals surface area contributed by atoms with Gasteiger partial charge in [0.2, 0.25) is 0 Å². The second-order valence-electron chi connectivity index (χ2n) is 5.52. The smallest absolute Gasteiger partial charge is 0.287 e. The van der Waals surface area contributed by atoms with Gasteiger partial charge in [0, 0.05) is 6.54 Å². The summed E-state index contributed by atoms with van der Waals surface area (Å²) in [5.41, 5.74) is 0. The summed E-state index contributed by atoms with van der Waals surface area (Å²) in [6.45, 7) is 4.51. The maximum absolute atomic E-state index is 12.1. The van der Waals surface area contributed by atoms with Crippen molar-refractivity contribution in [3.63, 3.8) is 0 Å². The van der Waals surface area contributed by atoms with E-state index >= 15 is 0 Å². The van der Waals surface area contributed by atoms with Crippen LogP contribution in [-0.4, -0.2) is 30.4 Å². The molecule has 1 atom stereocenters. The molecule has 0 radical (unpaired) electrons. The summed E-state index contributed by atoms with van der Waals surface area (Å²) in [6, 6.07) is 7.39. The van der Waals surface area contributed by atoms with Crippen LogP contribution < -0.4 is 5.32 Å². The van der Waals surface area contributed by atoms with Crippen molar-refractivity contribution in [3.05, 3.63) is 46.2 Å². The predicted octanol–water partition coefficient (Wildman–Crippen LogP) is 3.51. The molecular formula is C16H19BrN2O3. The fourth-order valence-corrected chi connectivity index (χ4v) is 3.11. The van der Waals surface area contributed by atoms with Gasteiger partial charge < -0.3 is 14.2 Å². The molecule has 5 nitrogen and oxygen atoms in total. The first-order chi connectivity index (χ1) is 10.6. The molecule has 1 N–H and O–H groups in total. The molecule has 2 aromatic rings. The van der Waals surface area contributed by atoms with E-state index in [1.807, 2.05) is 19.1 Å². The lowest BCUT2D eigenvalue weighted by Crippen LogP contribution is -2.36. The van der Waals surface area contributed by atoms with Crippen LogP contribution in [0.3, 0.4) is 0 Å². The molecule has 1 saturated heterocycles.